The molecule has 0 bridgehead atoms. The van der Waals surface area contributed by atoms with Gasteiger partial charge >= 0.3 is 0 Å². The lowest BCUT2D eigenvalue weighted by Gasteiger charge is -2.31. The first-order chi connectivity index (χ1) is 17.6. The van der Waals surface area contributed by atoms with Gasteiger partial charge in [-0.3, -0.25) is 4.79 Å². The first kappa shape index (κ1) is 27.6. The molecule has 2 saturated heterocycles. The number of hydrogen-bond donors (Lipinski definition) is 1. The van der Waals surface area contributed by atoms with Gasteiger partial charge in [0.2, 0.25) is 26.0 Å². The van der Waals surface area contributed by atoms with E-state index in [4.69, 9.17) is 4.74 Å². The summed E-state index contributed by atoms with van der Waals surface area (Å²) < 4.78 is 60.2. The lowest BCUT2D eigenvalue weighted by molar-refractivity contribution is -0.126. The average Bonchev–Trinajstić information content (AvgIpc) is 2.92. The van der Waals surface area contributed by atoms with Crippen molar-refractivity contribution in [3.8, 4) is 5.75 Å². The molecule has 37 heavy (non-hydrogen) atoms. The van der Waals surface area contributed by atoms with Crippen molar-refractivity contribution >= 4 is 26.0 Å². The number of rotatable bonds is 8. The van der Waals surface area contributed by atoms with Gasteiger partial charge < -0.3 is 10.1 Å². The lowest BCUT2D eigenvalue weighted by atomic mass is 9.97. The highest BCUT2D eigenvalue weighted by Gasteiger charge is 2.34. The molecule has 1 amide bonds. The topological polar surface area (TPSA) is 113 Å². The molecular weight excluding hydrogens is 514 g/mol. The fraction of sp³-hybridized carbons (Fsp3) is 0.500. The van der Waals surface area contributed by atoms with Crippen molar-refractivity contribution in [3.05, 3.63) is 53.6 Å². The van der Waals surface area contributed by atoms with Crippen LogP contribution in [-0.4, -0.2) is 64.6 Å². The molecule has 0 unspecified atom stereocenters. The zero-order chi connectivity index (χ0) is 26.6. The molecule has 0 atom stereocenters. The SMILES string of the molecule is COc1ccc(C)cc1S(=O)(=O)N1CCC(C(=O)NCc2ccc(S(=O)(=O)N3CCCCC3)cc2)CC1. The van der Waals surface area contributed by atoms with Crippen LogP contribution in [0.15, 0.2) is 52.3 Å². The summed E-state index contributed by atoms with van der Waals surface area (Å²) in [6.45, 7) is 3.72. The summed E-state index contributed by atoms with van der Waals surface area (Å²) in [4.78, 5) is 13.2. The Morgan fingerprint density at radius 3 is 2.14 bits per heavy atom. The molecule has 2 aromatic carbocycles. The van der Waals surface area contributed by atoms with E-state index in [0.29, 0.717) is 31.7 Å². The van der Waals surface area contributed by atoms with Crippen molar-refractivity contribution in [1.82, 2.24) is 13.9 Å². The Morgan fingerprint density at radius 2 is 1.51 bits per heavy atom. The molecule has 0 aliphatic carbocycles. The molecule has 11 heteroatoms. The number of sulfonamides is 2. The van der Waals surface area contributed by atoms with E-state index in [1.165, 1.54) is 15.7 Å². The van der Waals surface area contributed by atoms with Crippen LogP contribution in [0.25, 0.3) is 0 Å². The molecule has 4 rings (SSSR count). The van der Waals surface area contributed by atoms with Gasteiger partial charge in [0.25, 0.3) is 0 Å². The third-order valence-corrected chi connectivity index (χ3v) is 10.9. The lowest BCUT2D eigenvalue weighted by Crippen LogP contribution is -2.43. The van der Waals surface area contributed by atoms with Crippen molar-refractivity contribution in [1.29, 1.82) is 0 Å². The minimum Gasteiger partial charge on any atom is -0.495 e. The number of nitrogens with one attached hydrogen (secondary N) is 1. The van der Waals surface area contributed by atoms with Crippen LogP contribution in [-0.2, 0) is 31.4 Å². The minimum atomic E-state index is -3.73. The summed E-state index contributed by atoms with van der Waals surface area (Å²) in [7, 11) is -5.77. The first-order valence-corrected chi connectivity index (χ1v) is 15.5. The number of carbonyl (C=O) groups is 1. The van der Waals surface area contributed by atoms with Gasteiger partial charge in [-0.1, -0.05) is 24.6 Å². The highest BCUT2D eigenvalue weighted by Crippen LogP contribution is 2.30. The summed E-state index contributed by atoms with van der Waals surface area (Å²) in [5.74, 6) is -0.111. The zero-order valence-corrected chi connectivity index (χ0v) is 23.0. The molecule has 0 saturated carbocycles. The van der Waals surface area contributed by atoms with E-state index in [2.05, 4.69) is 5.32 Å². The van der Waals surface area contributed by atoms with Gasteiger partial charge in [-0.15, -0.1) is 0 Å². The first-order valence-electron chi connectivity index (χ1n) is 12.6. The molecule has 202 valence electrons. The zero-order valence-electron chi connectivity index (χ0n) is 21.4. The molecule has 2 aliphatic rings. The fourth-order valence-corrected chi connectivity index (χ4v) is 8.08. The molecular formula is C26H35N3O6S2. The van der Waals surface area contributed by atoms with E-state index in [9.17, 15) is 21.6 Å². The van der Waals surface area contributed by atoms with Gasteiger partial charge in [-0.2, -0.15) is 8.61 Å². The maximum atomic E-state index is 13.2. The number of amides is 1. The number of ether oxygens (including phenoxy) is 1. The van der Waals surface area contributed by atoms with Gasteiger partial charge in [-0.25, -0.2) is 16.8 Å². The molecule has 0 spiro atoms. The van der Waals surface area contributed by atoms with Crippen molar-refractivity contribution in [3.63, 3.8) is 0 Å². The number of carbonyl (C=O) groups excluding carboxylic acids is 1. The summed E-state index contributed by atoms with van der Waals surface area (Å²) in [5.41, 5.74) is 1.63. The van der Waals surface area contributed by atoms with Crippen LogP contribution in [0.1, 0.15) is 43.2 Å². The van der Waals surface area contributed by atoms with Gasteiger partial charge in [0.15, 0.2) is 0 Å². The molecule has 9 nitrogen and oxygen atoms in total. The second-order valence-electron chi connectivity index (χ2n) is 9.66. The van der Waals surface area contributed by atoms with E-state index in [-0.39, 0.29) is 41.3 Å². The average molecular weight is 550 g/mol. The third-order valence-electron chi connectivity index (χ3n) is 7.10. The van der Waals surface area contributed by atoms with Crippen LogP contribution < -0.4 is 10.1 Å². The number of piperidine rings is 2. The Hall–Kier alpha value is -2.47. The van der Waals surface area contributed by atoms with Crippen molar-refractivity contribution < 1.29 is 26.4 Å². The minimum absolute atomic E-state index is 0.129. The standard InChI is InChI=1S/C26H35N3O6S2/c1-20-6-11-24(35-2)25(18-20)37(33,34)29-16-12-22(13-17-29)26(30)27-19-21-7-9-23(10-8-21)36(31,32)28-14-4-3-5-15-28/h6-11,18,22H,3-5,12-17,19H2,1-2H3,(H,27,30). The van der Waals surface area contributed by atoms with Crippen LogP contribution >= 0.6 is 0 Å². The van der Waals surface area contributed by atoms with Crippen molar-refractivity contribution in [2.24, 2.45) is 5.92 Å². The number of hydrogen-bond acceptors (Lipinski definition) is 6. The molecule has 2 fully saturated rings. The molecule has 0 aromatic heterocycles. The second-order valence-corrected chi connectivity index (χ2v) is 13.5. The second kappa shape index (κ2) is 11.5. The maximum Gasteiger partial charge on any atom is 0.246 e. The van der Waals surface area contributed by atoms with Gasteiger partial charge in [0.1, 0.15) is 10.6 Å². The summed E-state index contributed by atoms with van der Waals surface area (Å²) in [6, 6.07) is 11.7. The fourth-order valence-electron chi connectivity index (χ4n) is 4.85. The normalized spacial score (nSPS) is 18.4. The largest absolute Gasteiger partial charge is 0.495 e. The van der Waals surface area contributed by atoms with Crippen LogP contribution in [0, 0.1) is 12.8 Å². The number of aryl methyl sites for hydroxylation is 1. The number of methoxy groups -OCH3 is 1. The predicted molar refractivity (Wildman–Crippen MR) is 140 cm³/mol. The Bertz CT molecular complexity index is 1310. The van der Waals surface area contributed by atoms with E-state index >= 15 is 0 Å². The molecule has 0 radical (unpaired) electrons. The smallest absolute Gasteiger partial charge is 0.246 e. The quantitative estimate of drug-likeness (QED) is 0.542. The van der Waals surface area contributed by atoms with E-state index < -0.39 is 20.0 Å². The van der Waals surface area contributed by atoms with Crippen molar-refractivity contribution in [2.45, 2.75) is 55.4 Å². The highest BCUT2D eigenvalue weighted by molar-refractivity contribution is 7.89. The van der Waals surface area contributed by atoms with Gasteiger partial charge in [0, 0.05) is 38.6 Å². The molecule has 2 aromatic rings. The van der Waals surface area contributed by atoms with Crippen LogP contribution in [0.4, 0.5) is 0 Å². The van der Waals surface area contributed by atoms with Crippen LogP contribution in [0.5, 0.6) is 5.75 Å². The van der Waals surface area contributed by atoms with Crippen LogP contribution in [0.2, 0.25) is 0 Å². The molecule has 2 aliphatic heterocycles. The summed E-state index contributed by atoms with van der Waals surface area (Å²) >= 11 is 0. The van der Waals surface area contributed by atoms with Gasteiger partial charge in [0.05, 0.1) is 12.0 Å². The summed E-state index contributed by atoms with van der Waals surface area (Å²) in [5, 5.41) is 2.91. The van der Waals surface area contributed by atoms with Crippen molar-refractivity contribution in [2.75, 3.05) is 33.3 Å². The Morgan fingerprint density at radius 1 is 0.892 bits per heavy atom. The summed E-state index contributed by atoms with van der Waals surface area (Å²) in [6.07, 6.45) is 3.67. The van der Waals surface area contributed by atoms with E-state index in [0.717, 1.165) is 30.4 Å². The maximum absolute atomic E-state index is 13.2. The van der Waals surface area contributed by atoms with Gasteiger partial charge in [-0.05, 0) is 68.0 Å². The Kier molecular flexibility index (Phi) is 8.57. The molecule has 2 heterocycles. The predicted octanol–water partition coefficient (Wildman–Crippen LogP) is 2.90. The monoisotopic (exact) mass is 549 g/mol. The molecule has 1 N–H and O–H groups in total. The van der Waals surface area contributed by atoms with E-state index in [1.807, 2.05) is 6.92 Å². The third kappa shape index (κ3) is 6.17. The Labute approximate surface area is 219 Å². The number of nitrogens with zero attached hydrogens (tertiary/aromatic N) is 2. The van der Waals surface area contributed by atoms with E-state index in [1.54, 1.807) is 42.5 Å². The Balaban J connectivity index is 1.31. The highest BCUT2D eigenvalue weighted by atomic mass is 32.2. The van der Waals surface area contributed by atoms with Crippen LogP contribution in [0.3, 0.4) is 0 Å². The number of benzene rings is 2.